The summed E-state index contributed by atoms with van der Waals surface area (Å²) in [5.41, 5.74) is 0.237. The lowest BCUT2D eigenvalue weighted by molar-refractivity contribution is -0.0626. The van der Waals surface area contributed by atoms with Crippen LogP contribution in [0.5, 0.6) is 0 Å². The molecule has 30 heavy (non-hydrogen) atoms. The van der Waals surface area contributed by atoms with Crippen LogP contribution in [0.25, 0.3) is 5.69 Å². The van der Waals surface area contributed by atoms with Crippen molar-refractivity contribution in [2.75, 3.05) is 6.61 Å². The summed E-state index contributed by atoms with van der Waals surface area (Å²) in [5, 5.41) is 10.2. The Labute approximate surface area is 184 Å². The second kappa shape index (κ2) is 7.66. The summed E-state index contributed by atoms with van der Waals surface area (Å²) in [6.07, 6.45) is 1.53. The molecule has 2 heterocycles. The molecule has 1 saturated heterocycles. The highest BCUT2D eigenvalue weighted by molar-refractivity contribution is 6.88. The molecule has 1 aliphatic heterocycles. The zero-order valence-electron chi connectivity index (χ0n) is 19.0. The monoisotopic (exact) mass is 450 g/mol. The number of benzene rings is 1. The van der Waals surface area contributed by atoms with Gasteiger partial charge >= 0.3 is 6.09 Å². The van der Waals surface area contributed by atoms with Gasteiger partial charge in [0.05, 0.1) is 28.7 Å². The Morgan fingerprint density at radius 3 is 2.53 bits per heavy atom. The Balaban J connectivity index is 1.98. The maximum atomic E-state index is 13.0. The predicted molar refractivity (Wildman–Crippen MR) is 120 cm³/mol. The number of nitrogens with zero attached hydrogens (tertiary/aromatic N) is 4. The summed E-state index contributed by atoms with van der Waals surface area (Å²) in [4.78, 5) is 14.6. The third kappa shape index (κ3) is 4.71. The molecule has 0 unspecified atom stereocenters. The Bertz CT molecular complexity index is 946. The van der Waals surface area contributed by atoms with E-state index in [0.29, 0.717) is 11.6 Å². The Hall–Kier alpha value is -1.90. The molecule has 1 aliphatic rings. The lowest BCUT2D eigenvalue weighted by atomic mass is 10.0. The number of hydrogen-bond acceptors (Lipinski definition) is 5. The van der Waals surface area contributed by atoms with Crippen LogP contribution in [-0.4, -0.2) is 52.0 Å². The average molecular weight is 451 g/mol. The molecule has 7 nitrogen and oxygen atoms in total. The van der Waals surface area contributed by atoms with Crippen molar-refractivity contribution in [1.82, 2.24) is 19.9 Å². The molecule has 1 fully saturated rings. The van der Waals surface area contributed by atoms with Gasteiger partial charge in [0.1, 0.15) is 19.4 Å². The lowest BCUT2D eigenvalue weighted by Crippen LogP contribution is -2.47. The van der Waals surface area contributed by atoms with Crippen LogP contribution in [0.15, 0.2) is 24.4 Å². The van der Waals surface area contributed by atoms with Crippen LogP contribution in [0.1, 0.15) is 46.2 Å². The first-order valence-corrected chi connectivity index (χ1v) is 14.0. The molecule has 1 aromatic carbocycles. The first-order valence-electron chi connectivity index (χ1n) is 10.1. The van der Waals surface area contributed by atoms with Crippen LogP contribution < -0.4 is 5.32 Å². The van der Waals surface area contributed by atoms with E-state index in [9.17, 15) is 4.79 Å². The van der Waals surface area contributed by atoms with Crippen molar-refractivity contribution in [1.29, 1.82) is 0 Å². The number of hydrogen-bond donors (Lipinski definition) is 0. The van der Waals surface area contributed by atoms with E-state index < -0.39 is 25.5 Å². The van der Waals surface area contributed by atoms with Gasteiger partial charge in [0.25, 0.3) is 0 Å². The normalized spacial score (nSPS) is 19.2. The van der Waals surface area contributed by atoms with Crippen LogP contribution in [0.2, 0.25) is 24.7 Å². The smallest absolute Gasteiger partial charge is 0.413 e. The zero-order chi connectivity index (χ0) is 22.5. The molecule has 0 spiro atoms. The molecule has 0 radical (unpaired) electrons. The summed E-state index contributed by atoms with van der Waals surface area (Å²) >= 11 is 6.49. The van der Waals surface area contributed by atoms with Crippen LogP contribution >= 0.6 is 11.6 Å². The van der Waals surface area contributed by atoms with Crippen molar-refractivity contribution in [3.8, 4) is 5.69 Å². The first-order chi connectivity index (χ1) is 13.7. The van der Waals surface area contributed by atoms with Gasteiger partial charge in [-0.1, -0.05) is 42.5 Å². The van der Waals surface area contributed by atoms with Crippen LogP contribution in [0.3, 0.4) is 0 Å². The third-order valence-electron chi connectivity index (χ3n) is 4.94. The van der Waals surface area contributed by atoms with Gasteiger partial charge in [-0.2, -0.15) is 0 Å². The van der Waals surface area contributed by atoms with Crippen LogP contribution in [0.4, 0.5) is 4.79 Å². The fourth-order valence-corrected chi connectivity index (χ4v) is 4.40. The minimum atomic E-state index is -1.60. The van der Waals surface area contributed by atoms with E-state index in [-0.39, 0.29) is 6.04 Å². The van der Waals surface area contributed by atoms with Gasteiger partial charge in [0.2, 0.25) is 0 Å². The molecule has 164 valence electrons. The van der Waals surface area contributed by atoms with E-state index in [2.05, 4.69) is 30.0 Å². The van der Waals surface area contributed by atoms with E-state index in [1.807, 2.05) is 59.0 Å². The molecule has 9 heteroatoms. The predicted octanol–water partition coefficient (Wildman–Crippen LogP) is 4.51. The van der Waals surface area contributed by atoms with Crippen molar-refractivity contribution in [3.05, 3.63) is 35.0 Å². The maximum absolute atomic E-state index is 13.0. The number of ether oxygens (including phenoxy) is 2. The SMILES string of the molecule is CC(C)(C)OC(=O)N1[C@@H](c2ccc(Cl)c(-n3cc([Si](C)(C)C)nn3)c2)COC1(C)C. The number of amides is 1. The van der Waals surface area contributed by atoms with E-state index in [1.54, 1.807) is 9.58 Å². The Morgan fingerprint density at radius 2 is 1.97 bits per heavy atom. The number of aromatic nitrogens is 3. The number of carbonyl (C=O) groups excluding carboxylic acids is 1. The van der Waals surface area contributed by atoms with E-state index in [0.717, 1.165) is 16.6 Å². The van der Waals surface area contributed by atoms with Gasteiger partial charge in [-0.3, -0.25) is 4.90 Å². The third-order valence-corrected chi connectivity index (χ3v) is 7.03. The highest BCUT2D eigenvalue weighted by atomic mass is 35.5. The van der Waals surface area contributed by atoms with E-state index >= 15 is 0 Å². The second-order valence-corrected chi connectivity index (χ2v) is 15.6. The summed E-state index contributed by atoms with van der Waals surface area (Å²) < 4.78 is 13.3. The quantitative estimate of drug-likeness (QED) is 0.643. The molecule has 1 amide bonds. The molecule has 1 atom stereocenters. The van der Waals surface area contributed by atoms with Crippen molar-refractivity contribution in [2.24, 2.45) is 0 Å². The molecular weight excluding hydrogens is 420 g/mol. The van der Waals surface area contributed by atoms with Gasteiger partial charge in [0, 0.05) is 6.20 Å². The molecule has 0 aliphatic carbocycles. The number of carbonyl (C=O) groups is 1. The summed E-state index contributed by atoms with van der Waals surface area (Å²) in [6, 6.07) is 5.37. The minimum absolute atomic E-state index is 0.300. The minimum Gasteiger partial charge on any atom is -0.444 e. The maximum Gasteiger partial charge on any atom is 0.413 e. The van der Waals surface area contributed by atoms with Crippen LogP contribution in [-0.2, 0) is 9.47 Å². The summed E-state index contributed by atoms with van der Waals surface area (Å²) in [7, 11) is -1.60. The van der Waals surface area contributed by atoms with Gasteiger partial charge in [0.15, 0.2) is 0 Å². The molecule has 0 saturated carbocycles. The van der Waals surface area contributed by atoms with Crippen molar-refractivity contribution in [3.63, 3.8) is 0 Å². The number of rotatable bonds is 3. The molecule has 0 N–H and O–H groups in total. The van der Waals surface area contributed by atoms with Crippen LogP contribution in [0, 0.1) is 0 Å². The topological polar surface area (TPSA) is 69.5 Å². The van der Waals surface area contributed by atoms with Gasteiger partial charge in [-0.05, 0) is 52.3 Å². The molecule has 3 rings (SSSR count). The van der Waals surface area contributed by atoms with Gasteiger partial charge < -0.3 is 9.47 Å². The average Bonchev–Trinajstić information content (AvgIpc) is 3.18. The standard InChI is InChI=1S/C21H31ClN4O3Si/c1-20(2,3)29-19(27)26-17(13-28-21(26,4)5)14-9-10-15(22)16(11-14)25-12-18(23-24-25)30(6,7)8/h9-12,17H,13H2,1-8H3/t17-/m1/s1. The van der Waals surface area contributed by atoms with Crippen molar-refractivity contribution in [2.45, 2.75) is 71.6 Å². The first kappa shape index (κ1) is 22.8. The molecule has 0 bridgehead atoms. The molecule has 2 aromatic rings. The van der Waals surface area contributed by atoms with Crippen molar-refractivity contribution < 1.29 is 14.3 Å². The fourth-order valence-electron chi connectivity index (χ4n) is 3.34. The van der Waals surface area contributed by atoms with Gasteiger partial charge in [-0.25, -0.2) is 9.48 Å². The molecular formula is C21H31ClN4O3Si. The number of halogens is 1. The fraction of sp³-hybridized carbons (Fsp3) is 0.571. The second-order valence-electron chi connectivity index (χ2n) is 10.1. The Kier molecular flexibility index (Phi) is 5.81. The van der Waals surface area contributed by atoms with Gasteiger partial charge in [-0.15, -0.1) is 5.10 Å². The highest BCUT2D eigenvalue weighted by Crippen LogP contribution is 2.39. The summed E-state index contributed by atoms with van der Waals surface area (Å²) in [6.45, 7) is 16.3. The van der Waals surface area contributed by atoms with E-state index in [1.165, 1.54) is 0 Å². The van der Waals surface area contributed by atoms with Crippen molar-refractivity contribution >= 4 is 31.1 Å². The zero-order valence-corrected chi connectivity index (χ0v) is 20.7. The largest absolute Gasteiger partial charge is 0.444 e. The lowest BCUT2D eigenvalue weighted by Gasteiger charge is -2.35. The molecule has 1 aromatic heterocycles. The van der Waals surface area contributed by atoms with E-state index in [4.69, 9.17) is 21.1 Å². The Morgan fingerprint density at radius 1 is 1.30 bits per heavy atom. The summed E-state index contributed by atoms with van der Waals surface area (Å²) in [5.74, 6) is 0. The highest BCUT2D eigenvalue weighted by Gasteiger charge is 2.46.